The highest BCUT2D eigenvalue weighted by Crippen LogP contribution is 2.33. The molecule has 1 saturated heterocycles. The van der Waals surface area contributed by atoms with Crippen LogP contribution in [0, 0.1) is 11.8 Å². The van der Waals surface area contributed by atoms with Gasteiger partial charge in [-0.3, -0.25) is 19.2 Å². The first-order valence-corrected chi connectivity index (χ1v) is 15.1. The highest BCUT2D eigenvalue weighted by atomic mass is 16.4. The van der Waals surface area contributed by atoms with Gasteiger partial charge in [-0.1, -0.05) is 33.3 Å². The number of allylic oxidation sites excluding steroid dienone is 2. The van der Waals surface area contributed by atoms with Gasteiger partial charge in [0.1, 0.15) is 12.1 Å². The number of aliphatic hydroxyl groups excluding tert-OH is 1. The lowest BCUT2D eigenvalue weighted by atomic mass is 9.95. The van der Waals surface area contributed by atoms with Gasteiger partial charge in [-0.2, -0.15) is 0 Å². The Morgan fingerprint density at radius 3 is 2.21 bits per heavy atom. The van der Waals surface area contributed by atoms with Gasteiger partial charge in [0, 0.05) is 18.7 Å². The molecule has 12 heteroatoms. The predicted molar refractivity (Wildman–Crippen MR) is 154 cm³/mol. The molecule has 2 fully saturated rings. The minimum absolute atomic E-state index is 0.0462. The summed E-state index contributed by atoms with van der Waals surface area (Å²) in [5.74, 6) is -2.34. The summed E-state index contributed by atoms with van der Waals surface area (Å²) in [7, 11) is 0. The molecule has 3 rings (SSSR count). The van der Waals surface area contributed by atoms with Crippen LogP contribution in [0.5, 0.6) is 0 Å². The number of rotatable bonds is 16. The third-order valence-corrected chi connectivity index (χ3v) is 7.95. The maximum atomic E-state index is 13.9. The van der Waals surface area contributed by atoms with E-state index >= 15 is 0 Å². The van der Waals surface area contributed by atoms with Crippen LogP contribution in [0.3, 0.4) is 0 Å². The summed E-state index contributed by atoms with van der Waals surface area (Å²) in [6.45, 7) is 11.2. The molecule has 2 heterocycles. The van der Waals surface area contributed by atoms with E-state index in [-0.39, 0.29) is 42.6 Å². The van der Waals surface area contributed by atoms with E-state index < -0.39 is 41.2 Å². The topological polar surface area (TPSA) is 175 Å². The smallest absolute Gasteiger partial charge is 0.303 e. The zero-order valence-corrected chi connectivity index (χ0v) is 25.7. The van der Waals surface area contributed by atoms with E-state index in [0.717, 1.165) is 25.0 Å². The minimum atomic E-state index is -0.934. The molecule has 3 atom stereocenters. The Kier molecular flexibility index (Phi) is 11.3. The lowest BCUT2D eigenvalue weighted by Crippen LogP contribution is -2.56. The number of carboxylic acid groups (broad SMARTS) is 1. The molecule has 42 heavy (non-hydrogen) atoms. The Morgan fingerprint density at radius 1 is 1.00 bits per heavy atom. The van der Waals surface area contributed by atoms with Crippen LogP contribution in [-0.2, 0) is 19.8 Å². The van der Waals surface area contributed by atoms with Crippen LogP contribution in [0.4, 0.5) is 0 Å². The minimum Gasteiger partial charge on any atom is -0.481 e. The lowest BCUT2D eigenvalue weighted by Gasteiger charge is -2.32. The van der Waals surface area contributed by atoms with Gasteiger partial charge in [0.15, 0.2) is 0 Å². The van der Waals surface area contributed by atoms with Gasteiger partial charge in [0.2, 0.25) is 23.5 Å². The van der Waals surface area contributed by atoms with Gasteiger partial charge in [-0.15, -0.1) is 10.2 Å². The second-order valence-electron chi connectivity index (χ2n) is 12.8. The summed E-state index contributed by atoms with van der Waals surface area (Å²) < 4.78 is 5.58. The Hall–Kier alpha value is -3.28. The van der Waals surface area contributed by atoms with Gasteiger partial charge >= 0.3 is 5.97 Å². The zero-order valence-electron chi connectivity index (χ0n) is 25.7. The van der Waals surface area contributed by atoms with E-state index in [2.05, 4.69) is 20.8 Å². The molecule has 1 aromatic rings. The third-order valence-electron chi connectivity index (χ3n) is 7.95. The Morgan fingerprint density at radius 2 is 1.64 bits per heavy atom. The number of carbonyl (C=O) groups is 4. The van der Waals surface area contributed by atoms with Crippen molar-refractivity contribution < 1.29 is 33.8 Å². The highest BCUT2D eigenvalue weighted by Gasteiger charge is 2.41. The van der Waals surface area contributed by atoms with Crippen LogP contribution in [0.1, 0.15) is 109 Å². The molecular formula is C30H47N5O7. The van der Waals surface area contributed by atoms with Crippen LogP contribution in [0.2, 0.25) is 0 Å². The second-order valence-corrected chi connectivity index (χ2v) is 12.8. The van der Waals surface area contributed by atoms with Crippen LogP contribution in [0.25, 0.3) is 0 Å². The van der Waals surface area contributed by atoms with E-state index in [1.54, 1.807) is 32.6 Å². The summed E-state index contributed by atoms with van der Waals surface area (Å²) in [6, 6.07) is -2.18. The van der Waals surface area contributed by atoms with Crippen LogP contribution < -0.4 is 10.6 Å². The molecule has 0 aromatic carbocycles. The molecule has 1 aromatic heterocycles. The van der Waals surface area contributed by atoms with Crippen molar-refractivity contribution in [2.45, 2.75) is 116 Å². The molecule has 234 valence electrons. The number of Topliss-reactive ketones (excluding diaryl/α,β-unsaturated/α-hetero) is 1. The largest absolute Gasteiger partial charge is 0.481 e. The van der Waals surface area contributed by atoms with Crippen molar-refractivity contribution in [3.8, 4) is 0 Å². The van der Waals surface area contributed by atoms with E-state index in [0.29, 0.717) is 32.2 Å². The molecule has 1 saturated carbocycles. The quantitative estimate of drug-likeness (QED) is 0.166. The van der Waals surface area contributed by atoms with E-state index in [1.165, 1.54) is 5.57 Å². The van der Waals surface area contributed by atoms with Crippen molar-refractivity contribution >= 4 is 23.6 Å². The van der Waals surface area contributed by atoms with Gasteiger partial charge < -0.3 is 30.2 Å². The van der Waals surface area contributed by atoms with Gasteiger partial charge in [0.25, 0.3) is 5.89 Å². The maximum Gasteiger partial charge on any atom is 0.303 e. The monoisotopic (exact) mass is 589 g/mol. The summed E-state index contributed by atoms with van der Waals surface area (Å²) in [4.78, 5) is 53.2. The second kappa shape index (κ2) is 14.3. The number of nitrogens with zero attached hydrogens (tertiary/aromatic N) is 3. The number of ketones is 1. The van der Waals surface area contributed by atoms with Crippen LogP contribution >= 0.6 is 0 Å². The van der Waals surface area contributed by atoms with Crippen molar-refractivity contribution in [1.29, 1.82) is 0 Å². The van der Waals surface area contributed by atoms with Crippen molar-refractivity contribution in [3.63, 3.8) is 0 Å². The number of unbranched alkanes of at least 4 members (excludes halogenated alkanes) is 1. The average molecular weight is 590 g/mol. The molecule has 2 unspecified atom stereocenters. The fourth-order valence-corrected chi connectivity index (χ4v) is 5.06. The molecule has 0 spiro atoms. The fraction of sp³-hybridized carbons (Fsp3) is 0.733. The summed E-state index contributed by atoms with van der Waals surface area (Å²) >= 11 is 0. The molecule has 0 bridgehead atoms. The molecule has 1 aliphatic heterocycles. The van der Waals surface area contributed by atoms with Crippen molar-refractivity contribution in [2.75, 3.05) is 13.2 Å². The molecule has 2 amide bonds. The average Bonchev–Trinajstić information content (AvgIpc) is 3.43. The maximum absolute atomic E-state index is 13.9. The Balaban J connectivity index is 1.70. The van der Waals surface area contributed by atoms with Crippen LogP contribution in [0.15, 0.2) is 15.7 Å². The standard InChI is InChI=1S/C30H47N5O7/c1-17(2)23(25(39)27-33-34-29(42-27)30(5,6)16-36)32-26(40)21-11-9-15-35(21)28(41)24(18(3)4)31-20(19-13-14-19)10-7-8-12-22(37)38/h17-18,21,23-24,31,36H,7-16H2,1-6H3,(H,32,40)(H,37,38)/t21-,23?,24?/m0/s1. The van der Waals surface area contributed by atoms with Gasteiger partial charge in [-0.25, -0.2) is 0 Å². The number of amides is 2. The summed E-state index contributed by atoms with van der Waals surface area (Å²) in [6.07, 6.45) is 5.19. The van der Waals surface area contributed by atoms with Gasteiger partial charge in [0.05, 0.1) is 18.1 Å². The fourth-order valence-electron chi connectivity index (χ4n) is 5.06. The van der Waals surface area contributed by atoms with E-state index in [9.17, 15) is 24.3 Å². The molecule has 12 nitrogen and oxygen atoms in total. The number of likely N-dealkylation sites (tertiary alicyclic amines) is 1. The SMILES string of the molecule is CC(C)C(NC(=O)[C@@H]1CCCN1C(=O)C(NC(CCCCC(=O)O)=C1CC1)C(C)C)C(=O)c1nnc(C(C)(C)CO)o1. The summed E-state index contributed by atoms with van der Waals surface area (Å²) in [5, 5.41) is 32.6. The normalized spacial score (nSPS) is 18.3. The predicted octanol–water partition coefficient (Wildman–Crippen LogP) is 2.96. The van der Waals surface area contributed by atoms with E-state index in [4.69, 9.17) is 9.52 Å². The molecule has 0 radical (unpaired) electrons. The number of aliphatic carboxylic acids is 1. The highest BCUT2D eigenvalue weighted by molar-refractivity contribution is 6.00. The number of aromatic nitrogens is 2. The first kappa shape index (κ1) is 33.2. The molecule has 1 aliphatic carbocycles. The summed E-state index contributed by atoms with van der Waals surface area (Å²) in [5.41, 5.74) is 1.47. The zero-order chi connectivity index (χ0) is 31.2. The molecular weight excluding hydrogens is 542 g/mol. The number of hydrogen-bond donors (Lipinski definition) is 4. The first-order valence-electron chi connectivity index (χ1n) is 15.1. The van der Waals surface area contributed by atoms with Crippen LogP contribution in [-0.4, -0.2) is 80.2 Å². The molecule has 4 N–H and O–H groups in total. The number of carbonyl (C=O) groups excluding carboxylic acids is 3. The molecule has 2 aliphatic rings. The first-order chi connectivity index (χ1) is 19.8. The van der Waals surface area contributed by atoms with Crippen molar-refractivity contribution in [3.05, 3.63) is 23.1 Å². The number of carboxylic acids is 1. The van der Waals surface area contributed by atoms with Crippen molar-refractivity contribution in [2.24, 2.45) is 11.8 Å². The Bertz CT molecular complexity index is 1170. The Labute approximate surface area is 247 Å². The third kappa shape index (κ3) is 8.39. The van der Waals surface area contributed by atoms with Gasteiger partial charge in [-0.05, 0) is 70.6 Å². The number of hydrogen-bond acceptors (Lipinski definition) is 9. The van der Waals surface area contributed by atoms with Crippen molar-refractivity contribution in [1.82, 2.24) is 25.7 Å². The number of nitrogens with one attached hydrogen (secondary N) is 2. The van der Waals surface area contributed by atoms with E-state index in [1.807, 2.05) is 13.8 Å². The lowest BCUT2D eigenvalue weighted by molar-refractivity contribution is -0.141. The number of aliphatic hydroxyl groups is 1.